The molecular formula is C25H31FN2O3. The van der Waals surface area contributed by atoms with E-state index in [0.29, 0.717) is 36.5 Å². The number of hydrogen-bond acceptors (Lipinski definition) is 4. The third-order valence-corrected chi connectivity index (χ3v) is 5.23. The largest absolute Gasteiger partial charge is 0.493 e. The number of anilines is 1. The van der Waals surface area contributed by atoms with Crippen LogP contribution in [0.4, 0.5) is 10.1 Å². The van der Waals surface area contributed by atoms with Crippen LogP contribution in [-0.2, 0) is 4.79 Å². The topological polar surface area (TPSA) is 50.8 Å². The molecule has 31 heavy (non-hydrogen) atoms. The van der Waals surface area contributed by atoms with Crippen LogP contribution >= 0.6 is 0 Å². The SMILES string of the molecule is COc1cc(/C=C/C(=O)NCC2CCN(c3ccc(F)cc3)C2)ccc1OCC(C)C. The number of carbonyl (C=O) groups excluding carboxylic acids is 1. The average molecular weight is 427 g/mol. The zero-order valence-electron chi connectivity index (χ0n) is 18.4. The first-order valence-corrected chi connectivity index (χ1v) is 10.7. The second-order valence-electron chi connectivity index (χ2n) is 8.27. The van der Waals surface area contributed by atoms with Gasteiger partial charge in [0.25, 0.3) is 0 Å². The maximum Gasteiger partial charge on any atom is 0.244 e. The van der Waals surface area contributed by atoms with Gasteiger partial charge in [0.15, 0.2) is 11.5 Å². The molecule has 166 valence electrons. The Morgan fingerprint density at radius 1 is 1.23 bits per heavy atom. The van der Waals surface area contributed by atoms with Gasteiger partial charge < -0.3 is 19.7 Å². The Kier molecular flexibility index (Phi) is 7.93. The van der Waals surface area contributed by atoms with Crippen molar-refractivity contribution >= 4 is 17.7 Å². The van der Waals surface area contributed by atoms with E-state index < -0.39 is 0 Å². The van der Waals surface area contributed by atoms with Gasteiger partial charge in [-0.25, -0.2) is 4.39 Å². The number of carbonyl (C=O) groups is 1. The highest BCUT2D eigenvalue weighted by Crippen LogP contribution is 2.29. The highest BCUT2D eigenvalue weighted by atomic mass is 19.1. The lowest BCUT2D eigenvalue weighted by Crippen LogP contribution is -2.29. The van der Waals surface area contributed by atoms with E-state index in [1.807, 2.05) is 18.2 Å². The minimum Gasteiger partial charge on any atom is -0.493 e. The zero-order valence-corrected chi connectivity index (χ0v) is 18.4. The van der Waals surface area contributed by atoms with Gasteiger partial charge in [-0.05, 0) is 66.3 Å². The molecule has 0 bridgehead atoms. The van der Waals surface area contributed by atoms with E-state index >= 15 is 0 Å². The van der Waals surface area contributed by atoms with Crippen LogP contribution in [0.3, 0.4) is 0 Å². The standard InChI is InChI=1S/C25H31FN2O3/c1-18(2)17-31-23-10-4-19(14-24(23)30-3)5-11-25(29)27-15-20-12-13-28(16-20)22-8-6-21(26)7-9-22/h4-11,14,18,20H,12-13,15-17H2,1-3H3,(H,27,29)/b11-5+. The number of halogens is 1. The predicted octanol–water partition coefficient (Wildman–Crippen LogP) is 4.53. The van der Waals surface area contributed by atoms with Crippen molar-refractivity contribution in [3.63, 3.8) is 0 Å². The zero-order chi connectivity index (χ0) is 22.2. The monoisotopic (exact) mass is 426 g/mol. The van der Waals surface area contributed by atoms with E-state index in [0.717, 1.165) is 30.8 Å². The number of benzene rings is 2. The minimum absolute atomic E-state index is 0.126. The molecule has 0 spiro atoms. The van der Waals surface area contributed by atoms with Crippen LogP contribution in [0.1, 0.15) is 25.8 Å². The van der Waals surface area contributed by atoms with Gasteiger partial charge in [-0.2, -0.15) is 0 Å². The molecule has 1 aliphatic rings. The first kappa shape index (κ1) is 22.7. The molecule has 0 radical (unpaired) electrons. The number of hydrogen-bond donors (Lipinski definition) is 1. The first-order valence-electron chi connectivity index (χ1n) is 10.7. The Hall–Kier alpha value is -3.02. The molecular weight excluding hydrogens is 395 g/mol. The summed E-state index contributed by atoms with van der Waals surface area (Å²) in [4.78, 5) is 14.5. The molecule has 1 unspecified atom stereocenters. The Morgan fingerprint density at radius 3 is 2.71 bits per heavy atom. The van der Waals surface area contributed by atoms with E-state index in [9.17, 15) is 9.18 Å². The van der Waals surface area contributed by atoms with Gasteiger partial charge >= 0.3 is 0 Å². The van der Waals surface area contributed by atoms with E-state index in [2.05, 4.69) is 24.1 Å². The predicted molar refractivity (Wildman–Crippen MR) is 122 cm³/mol. The summed E-state index contributed by atoms with van der Waals surface area (Å²) >= 11 is 0. The van der Waals surface area contributed by atoms with E-state index in [-0.39, 0.29) is 11.7 Å². The average Bonchev–Trinajstić information content (AvgIpc) is 3.24. The van der Waals surface area contributed by atoms with Crippen molar-refractivity contribution in [3.8, 4) is 11.5 Å². The van der Waals surface area contributed by atoms with Crippen LogP contribution in [0.5, 0.6) is 11.5 Å². The fourth-order valence-corrected chi connectivity index (χ4v) is 3.52. The van der Waals surface area contributed by atoms with E-state index in [1.165, 1.54) is 18.2 Å². The summed E-state index contributed by atoms with van der Waals surface area (Å²) in [6.07, 6.45) is 4.30. The van der Waals surface area contributed by atoms with Gasteiger partial charge in [0.05, 0.1) is 13.7 Å². The Bertz CT molecular complexity index is 896. The number of methoxy groups -OCH3 is 1. The summed E-state index contributed by atoms with van der Waals surface area (Å²) in [7, 11) is 1.61. The summed E-state index contributed by atoms with van der Waals surface area (Å²) in [5.41, 5.74) is 1.89. The molecule has 0 saturated carbocycles. The van der Waals surface area contributed by atoms with Gasteiger partial charge in [-0.15, -0.1) is 0 Å². The lowest BCUT2D eigenvalue weighted by molar-refractivity contribution is -0.116. The molecule has 0 aliphatic carbocycles. The third-order valence-electron chi connectivity index (χ3n) is 5.23. The number of nitrogens with zero attached hydrogens (tertiary/aromatic N) is 1. The summed E-state index contributed by atoms with van der Waals surface area (Å²) in [6.45, 7) is 7.18. The van der Waals surface area contributed by atoms with Crippen molar-refractivity contribution in [1.29, 1.82) is 0 Å². The maximum absolute atomic E-state index is 13.1. The van der Waals surface area contributed by atoms with Crippen molar-refractivity contribution in [2.45, 2.75) is 20.3 Å². The molecule has 1 aliphatic heterocycles. The van der Waals surface area contributed by atoms with Gasteiger partial charge in [0, 0.05) is 31.4 Å². The molecule has 3 rings (SSSR count). The van der Waals surface area contributed by atoms with Crippen molar-refractivity contribution < 1.29 is 18.7 Å². The van der Waals surface area contributed by atoms with Gasteiger partial charge in [0.2, 0.25) is 5.91 Å². The van der Waals surface area contributed by atoms with Crippen LogP contribution in [0.2, 0.25) is 0 Å². The summed E-state index contributed by atoms with van der Waals surface area (Å²) in [6, 6.07) is 12.2. The first-order chi connectivity index (χ1) is 14.9. The van der Waals surface area contributed by atoms with Crippen molar-refractivity contribution in [2.75, 3.05) is 38.3 Å². The molecule has 1 amide bonds. The maximum atomic E-state index is 13.1. The smallest absolute Gasteiger partial charge is 0.244 e. The van der Waals surface area contributed by atoms with Crippen LogP contribution in [0, 0.1) is 17.7 Å². The van der Waals surface area contributed by atoms with Crippen molar-refractivity contribution in [2.24, 2.45) is 11.8 Å². The lowest BCUT2D eigenvalue weighted by Gasteiger charge is -2.18. The van der Waals surface area contributed by atoms with Gasteiger partial charge in [-0.3, -0.25) is 4.79 Å². The second-order valence-corrected chi connectivity index (χ2v) is 8.27. The number of amides is 1. The highest BCUT2D eigenvalue weighted by molar-refractivity contribution is 5.91. The number of nitrogens with one attached hydrogen (secondary N) is 1. The highest BCUT2D eigenvalue weighted by Gasteiger charge is 2.22. The molecule has 1 saturated heterocycles. The van der Waals surface area contributed by atoms with E-state index in [1.54, 1.807) is 25.3 Å². The molecule has 5 nitrogen and oxygen atoms in total. The molecule has 1 heterocycles. The fraction of sp³-hybridized carbons (Fsp3) is 0.400. The van der Waals surface area contributed by atoms with Gasteiger partial charge in [0.1, 0.15) is 5.82 Å². The molecule has 0 aromatic heterocycles. The molecule has 6 heteroatoms. The summed E-state index contributed by atoms with van der Waals surface area (Å²) in [5, 5.41) is 2.98. The molecule has 1 atom stereocenters. The third kappa shape index (κ3) is 6.74. The second kappa shape index (κ2) is 10.8. The fourth-order valence-electron chi connectivity index (χ4n) is 3.52. The van der Waals surface area contributed by atoms with Crippen LogP contribution in [-0.4, -0.2) is 39.3 Å². The number of ether oxygens (including phenoxy) is 2. The Labute approximate surface area is 183 Å². The molecule has 1 N–H and O–H groups in total. The van der Waals surface area contributed by atoms with Gasteiger partial charge in [-0.1, -0.05) is 19.9 Å². The van der Waals surface area contributed by atoms with Crippen molar-refractivity contribution in [3.05, 3.63) is 59.9 Å². The molecule has 1 fully saturated rings. The molecule has 2 aromatic carbocycles. The summed E-state index contributed by atoms with van der Waals surface area (Å²) in [5.74, 6) is 1.79. The minimum atomic E-state index is -0.228. The van der Waals surface area contributed by atoms with Crippen LogP contribution in [0.25, 0.3) is 6.08 Å². The van der Waals surface area contributed by atoms with Crippen LogP contribution < -0.4 is 19.7 Å². The quantitative estimate of drug-likeness (QED) is 0.599. The number of rotatable bonds is 9. The lowest BCUT2D eigenvalue weighted by atomic mass is 10.1. The summed E-state index contributed by atoms with van der Waals surface area (Å²) < 4.78 is 24.3. The molecule has 2 aromatic rings. The Morgan fingerprint density at radius 2 is 2.00 bits per heavy atom. The Balaban J connectivity index is 1.47. The normalized spacial score (nSPS) is 16.2. The van der Waals surface area contributed by atoms with Crippen LogP contribution in [0.15, 0.2) is 48.5 Å². The van der Waals surface area contributed by atoms with Crippen molar-refractivity contribution in [1.82, 2.24) is 5.32 Å². The van der Waals surface area contributed by atoms with E-state index in [4.69, 9.17) is 9.47 Å².